The maximum absolute atomic E-state index is 6.18. The second kappa shape index (κ2) is 6.51. The van der Waals surface area contributed by atoms with E-state index >= 15 is 0 Å². The number of rotatable bonds is 4. The van der Waals surface area contributed by atoms with Crippen LogP contribution in [-0.4, -0.2) is 13.6 Å². The first-order valence-corrected chi connectivity index (χ1v) is 7.11. The molecule has 19 heavy (non-hydrogen) atoms. The summed E-state index contributed by atoms with van der Waals surface area (Å²) in [6.45, 7) is 0.863. The van der Waals surface area contributed by atoms with Crippen LogP contribution in [0.2, 0.25) is 15.1 Å². The van der Waals surface area contributed by atoms with Crippen molar-refractivity contribution in [2.45, 2.75) is 6.42 Å². The summed E-state index contributed by atoms with van der Waals surface area (Å²) in [5, 5.41) is 2.00. The van der Waals surface area contributed by atoms with Crippen LogP contribution in [0.3, 0.4) is 0 Å². The van der Waals surface area contributed by atoms with Gasteiger partial charge in [-0.3, -0.25) is 0 Å². The van der Waals surface area contributed by atoms with E-state index in [1.807, 2.05) is 43.4 Å². The van der Waals surface area contributed by atoms with Gasteiger partial charge in [-0.2, -0.15) is 0 Å². The lowest BCUT2D eigenvalue weighted by Crippen LogP contribution is -2.20. The van der Waals surface area contributed by atoms with Crippen LogP contribution in [0, 0.1) is 0 Å². The van der Waals surface area contributed by atoms with Crippen molar-refractivity contribution in [1.82, 2.24) is 0 Å². The van der Waals surface area contributed by atoms with Crippen molar-refractivity contribution in [2.24, 2.45) is 0 Å². The zero-order chi connectivity index (χ0) is 13.8. The Kier molecular flexibility index (Phi) is 4.98. The molecule has 0 saturated heterocycles. The number of anilines is 1. The van der Waals surface area contributed by atoms with Crippen LogP contribution in [0.1, 0.15) is 5.56 Å². The Bertz CT molecular complexity index is 552. The van der Waals surface area contributed by atoms with Crippen LogP contribution in [0.4, 0.5) is 5.69 Å². The quantitative estimate of drug-likeness (QED) is 0.737. The van der Waals surface area contributed by atoms with Crippen molar-refractivity contribution in [3.8, 4) is 0 Å². The van der Waals surface area contributed by atoms with Crippen molar-refractivity contribution in [2.75, 3.05) is 18.5 Å². The lowest BCUT2D eigenvalue weighted by Gasteiger charge is -2.19. The summed E-state index contributed by atoms with van der Waals surface area (Å²) in [4.78, 5) is 2.16. The van der Waals surface area contributed by atoms with Gasteiger partial charge in [0.15, 0.2) is 0 Å². The van der Waals surface area contributed by atoms with Crippen molar-refractivity contribution in [3.05, 3.63) is 63.1 Å². The molecule has 0 amide bonds. The van der Waals surface area contributed by atoms with E-state index in [0.29, 0.717) is 10.0 Å². The molecule has 0 aromatic heterocycles. The lowest BCUT2D eigenvalue weighted by atomic mass is 10.1. The molecular weight excluding hydrogens is 301 g/mol. The molecule has 1 nitrogen and oxygen atoms in total. The Labute approximate surface area is 128 Å². The Morgan fingerprint density at radius 1 is 0.947 bits per heavy atom. The van der Waals surface area contributed by atoms with E-state index in [4.69, 9.17) is 34.8 Å². The SMILES string of the molecule is CN(CCc1cccc(Cl)c1Cl)c1ccc(Cl)cc1. The minimum atomic E-state index is 0.605. The summed E-state index contributed by atoms with van der Waals surface area (Å²) in [5.41, 5.74) is 2.19. The van der Waals surface area contributed by atoms with Crippen LogP contribution in [-0.2, 0) is 6.42 Å². The van der Waals surface area contributed by atoms with Gasteiger partial charge in [0, 0.05) is 24.3 Å². The first-order valence-electron chi connectivity index (χ1n) is 5.97. The van der Waals surface area contributed by atoms with E-state index in [-0.39, 0.29) is 0 Å². The fraction of sp³-hybridized carbons (Fsp3) is 0.200. The highest BCUT2D eigenvalue weighted by Gasteiger charge is 2.06. The molecule has 0 N–H and O–H groups in total. The van der Waals surface area contributed by atoms with Crippen molar-refractivity contribution < 1.29 is 0 Å². The third-order valence-corrected chi connectivity index (χ3v) is 4.13. The number of hydrogen-bond donors (Lipinski definition) is 0. The van der Waals surface area contributed by atoms with Gasteiger partial charge in [-0.1, -0.05) is 46.9 Å². The predicted octanol–water partition coefficient (Wildman–Crippen LogP) is 5.33. The van der Waals surface area contributed by atoms with E-state index in [2.05, 4.69) is 4.90 Å². The highest BCUT2D eigenvalue weighted by Crippen LogP contribution is 2.26. The number of benzene rings is 2. The number of hydrogen-bond acceptors (Lipinski definition) is 1. The number of nitrogens with zero attached hydrogens (tertiary/aromatic N) is 1. The summed E-state index contributed by atoms with van der Waals surface area (Å²) in [6, 6.07) is 13.5. The van der Waals surface area contributed by atoms with Gasteiger partial charge < -0.3 is 4.90 Å². The summed E-state index contributed by atoms with van der Waals surface area (Å²) in [5.74, 6) is 0. The monoisotopic (exact) mass is 313 g/mol. The standard InChI is InChI=1S/C15H14Cl3N/c1-19(13-7-5-12(16)6-8-13)10-9-11-3-2-4-14(17)15(11)18/h2-8H,9-10H2,1H3. The normalized spacial score (nSPS) is 10.5. The fourth-order valence-electron chi connectivity index (χ4n) is 1.85. The number of halogens is 3. The lowest BCUT2D eigenvalue weighted by molar-refractivity contribution is 0.877. The van der Waals surface area contributed by atoms with E-state index in [1.54, 1.807) is 6.07 Å². The molecule has 100 valence electrons. The molecule has 0 spiro atoms. The Morgan fingerprint density at radius 2 is 1.63 bits per heavy atom. The maximum Gasteiger partial charge on any atom is 0.0624 e. The molecule has 0 aliphatic carbocycles. The summed E-state index contributed by atoms with van der Waals surface area (Å²) < 4.78 is 0. The van der Waals surface area contributed by atoms with Gasteiger partial charge in [0.1, 0.15) is 0 Å². The van der Waals surface area contributed by atoms with Gasteiger partial charge in [-0.15, -0.1) is 0 Å². The van der Waals surface area contributed by atoms with Gasteiger partial charge >= 0.3 is 0 Å². The van der Waals surface area contributed by atoms with Crippen LogP contribution in [0.5, 0.6) is 0 Å². The van der Waals surface area contributed by atoms with E-state index in [1.165, 1.54) is 0 Å². The third-order valence-electron chi connectivity index (χ3n) is 3.02. The molecule has 0 heterocycles. The topological polar surface area (TPSA) is 3.24 Å². The average Bonchev–Trinajstić information content (AvgIpc) is 2.41. The minimum Gasteiger partial charge on any atom is -0.374 e. The van der Waals surface area contributed by atoms with E-state index in [0.717, 1.165) is 29.2 Å². The Balaban J connectivity index is 2.02. The Morgan fingerprint density at radius 3 is 2.32 bits per heavy atom. The van der Waals surface area contributed by atoms with Crippen LogP contribution in [0.25, 0.3) is 0 Å². The zero-order valence-corrected chi connectivity index (χ0v) is 12.8. The molecule has 4 heteroatoms. The minimum absolute atomic E-state index is 0.605. The predicted molar refractivity (Wildman–Crippen MR) is 84.9 cm³/mol. The molecule has 0 aliphatic heterocycles. The highest BCUT2D eigenvalue weighted by molar-refractivity contribution is 6.42. The van der Waals surface area contributed by atoms with Crippen LogP contribution in [0.15, 0.2) is 42.5 Å². The van der Waals surface area contributed by atoms with Crippen molar-refractivity contribution in [3.63, 3.8) is 0 Å². The van der Waals surface area contributed by atoms with Crippen molar-refractivity contribution in [1.29, 1.82) is 0 Å². The number of likely N-dealkylation sites (N-methyl/N-ethyl adjacent to an activating group) is 1. The zero-order valence-electron chi connectivity index (χ0n) is 10.5. The molecule has 0 bridgehead atoms. The molecule has 0 fully saturated rings. The van der Waals surface area contributed by atoms with Gasteiger partial charge in [-0.05, 0) is 42.3 Å². The van der Waals surface area contributed by atoms with E-state index in [9.17, 15) is 0 Å². The third kappa shape index (κ3) is 3.79. The van der Waals surface area contributed by atoms with Gasteiger partial charge in [0.2, 0.25) is 0 Å². The summed E-state index contributed by atoms with van der Waals surface area (Å²) in [7, 11) is 2.04. The smallest absolute Gasteiger partial charge is 0.0624 e. The molecule has 0 aliphatic rings. The van der Waals surface area contributed by atoms with Gasteiger partial charge in [0.05, 0.1) is 10.0 Å². The molecule has 0 atom stereocenters. The Hall–Kier alpha value is -0.890. The molecule has 2 aromatic rings. The maximum atomic E-state index is 6.18. The highest BCUT2D eigenvalue weighted by atomic mass is 35.5. The average molecular weight is 315 g/mol. The van der Waals surface area contributed by atoms with Gasteiger partial charge in [0.25, 0.3) is 0 Å². The van der Waals surface area contributed by atoms with E-state index < -0.39 is 0 Å². The first kappa shape index (κ1) is 14.5. The molecule has 0 unspecified atom stereocenters. The molecule has 0 saturated carbocycles. The summed E-state index contributed by atoms with van der Waals surface area (Å²) in [6.07, 6.45) is 0.846. The summed E-state index contributed by atoms with van der Waals surface area (Å²) >= 11 is 18.1. The molecular formula is C15H14Cl3N. The van der Waals surface area contributed by atoms with Crippen molar-refractivity contribution >= 4 is 40.5 Å². The second-order valence-electron chi connectivity index (χ2n) is 4.36. The molecule has 2 aromatic carbocycles. The largest absolute Gasteiger partial charge is 0.374 e. The van der Waals surface area contributed by atoms with Crippen LogP contribution >= 0.6 is 34.8 Å². The fourth-order valence-corrected chi connectivity index (χ4v) is 2.39. The second-order valence-corrected chi connectivity index (χ2v) is 5.58. The van der Waals surface area contributed by atoms with Crippen LogP contribution < -0.4 is 4.90 Å². The van der Waals surface area contributed by atoms with Gasteiger partial charge in [-0.25, -0.2) is 0 Å². The molecule has 0 radical (unpaired) electrons. The molecule has 2 rings (SSSR count). The first-order chi connectivity index (χ1) is 9.08.